The van der Waals surface area contributed by atoms with Gasteiger partial charge < -0.3 is 29.9 Å². The maximum absolute atomic E-state index is 12.8. The van der Waals surface area contributed by atoms with Gasteiger partial charge in [0.1, 0.15) is 17.5 Å². The van der Waals surface area contributed by atoms with Crippen LogP contribution in [-0.4, -0.2) is 88.2 Å². The molecule has 0 aliphatic carbocycles. The van der Waals surface area contributed by atoms with Crippen LogP contribution in [0.15, 0.2) is 18.2 Å². The molecule has 8 heteroatoms. The van der Waals surface area contributed by atoms with E-state index in [1.54, 1.807) is 18.2 Å². The molecule has 1 aromatic carbocycles. The molecule has 0 radical (unpaired) electrons. The number of ether oxygens (including phenoxy) is 2. The maximum atomic E-state index is 12.8. The van der Waals surface area contributed by atoms with E-state index in [2.05, 4.69) is 34.4 Å². The van der Waals surface area contributed by atoms with E-state index in [4.69, 9.17) is 9.47 Å². The van der Waals surface area contributed by atoms with E-state index in [-0.39, 0.29) is 17.7 Å². The smallest absolute Gasteiger partial charge is 0.252 e. The molecule has 2 N–H and O–H groups in total. The van der Waals surface area contributed by atoms with Gasteiger partial charge in [0.05, 0.1) is 14.2 Å². The fourth-order valence-corrected chi connectivity index (χ4v) is 3.62. The minimum absolute atomic E-state index is 0.0515. The molecule has 8 nitrogen and oxygen atoms in total. The Balaban J connectivity index is 1.92. The number of rotatable bonds is 10. The average Bonchev–Trinajstić information content (AvgIpc) is 2.76. The van der Waals surface area contributed by atoms with Gasteiger partial charge in [0.15, 0.2) is 0 Å². The van der Waals surface area contributed by atoms with Crippen molar-refractivity contribution < 1.29 is 19.1 Å². The van der Waals surface area contributed by atoms with Gasteiger partial charge >= 0.3 is 0 Å². The maximum Gasteiger partial charge on any atom is 0.252 e. The zero-order chi connectivity index (χ0) is 23.0. The van der Waals surface area contributed by atoms with E-state index in [0.717, 1.165) is 32.7 Å². The van der Waals surface area contributed by atoms with Crippen molar-refractivity contribution in [3.8, 4) is 11.5 Å². The summed E-state index contributed by atoms with van der Waals surface area (Å²) in [6.45, 7) is 11.8. The quantitative estimate of drug-likeness (QED) is 0.580. The van der Waals surface area contributed by atoms with Crippen LogP contribution < -0.4 is 20.1 Å². The number of benzene rings is 1. The Morgan fingerprint density at radius 1 is 1.00 bits per heavy atom. The van der Waals surface area contributed by atoms with Crippen molar-refractivity contribution in [2.75, 3.05) is 60.5 Å². The highest BCUT2D eigenvalue weighted by Gasteiger charge is 2.26. The summed E-state index contributed by atoms with van der Waals surface area (Å²) in [6, 6.07) is 4.34. The molecule has 0 unspecified atom stereocenters. The van der Waals surface area contributed by atoms with Gasteiger partial charge in [0.25, 0.3) is 5.91 Å². The standard InChI is InChI=1S/C23H38N4O4/c1-16(2)21(25-22(28)18-11-19(30-5)13-20(12-18)31-6)23(29)24-14-17(3)15-27-9-7-26(4)8-10-27/h11-13,16-17,21H,7-10,14-15H2,1-6H3,(H,24,29)(H,25,28)/t17-,21+/m0/s1. The molecule has 2 amide bonds. The molecule has 0 aromatic heterocycles. The van der Waals surface area contributed by atoms with E-state index in [1.807, 2.05) is 13.8 Å². The summed E-state index contributed by atoms with van der Waals surface area (Å²) in [5, 5.41) is 5.89. The summed E-state index contributed by atoms with van der Waals surface area (Å²) in [7, 11) is 5.21. The first-order valence-electron chi connectivity index (χ1n) is 11.0. The predicted octanol–water partition coefficient (Wildman–Crippen LogP) is 1.46. The molecule has 1 aliphatic heterocycles. The van der Waals surface area contributed by atoms with E-state index < -0.39 is 6.04 Å². The van der Waals surface area contributed by atoms with Gasteiger partial charge in [0.2, 0.25) is 5.91 Å². The second kappa shape index (κ2) is 11.9. The molecule has 1 heterocycles. The number of nitrogens with zero attached hydrogens (tertiary/aromatic N) is 2. The van der Waals surface area contributed by atoms with Crippen LogP contribution in [0.1, 0.15) is 31.1 Å². The summed E-state index contributed by atoms with van der Waals surface area (Å²) < 4.78 is 10.5. The van der Waals surface area contributed by atoms with Crippen LogP contribution in [0.4, 0.5) is 0 Å². The normalized spacial score (nSPS) is 17.1. The minimum Gasteiger partial charge on any atom is -0.497 e. The summed E-state index contributed by atoms with van der Waals surface area (Å²) in [6.07, 6.45) is 0. The molecule has 2 atom stereocenters. The molecule has 0 saturated carbocycles. The first-order valence-corrected chi connectivity index (χ1v) is 11.0. The van der Waals surface area contributed by atoms with Crippen LogP contribution in [-0.2, 0) is 4.79 Å². The topological polar surface area (TPSA) is 83.1 Å². The highest BCUT2D eigenvalue weighted by atomic mass is 16.5. The summed E-state index contributed by atoms with van der Waals surface area (Å²) in [5.41, 5.74) is 0.387. The van der Waals surface area contributed by atoms with Gasteiger partial charge in [-0.15, -0.1) is 0 Å². The van der Waals surface area contributed by atoms with Gasteiger partial charge in [-0.2, -0.15) is 0 Å². The SMILES string of the molecule is COc1cc(OC)cc(C(=O)N[C@@H](C(=O)NC[C@H](C)CN2CCN(C)CC2)C(C)C)c1. The van der Waals surface area contributed by atoms with E-state index >= 15 is 0 Å². The number of nitrogens with one attached hydrogen (secondary N) is 2. The summed E-state index contributed by atoms with van der Waals surface area (Å²) >= 11 is 0. The Labute approximate surface area is 186 Å². The molecule has 1 saturated heterocycles. The van der Waals surface area contributed by atoms with Gasteiger partial charge in [-0.1, -0.05) is 20.8 Å². The largest absolute Gasteiger partial charge is 0.497 e. The van der Waals surface area contributed by atoms with Gasteiger partial charge in [-0.3, -0.25) is 9.59 Å². The van der Waals surface area contributed by atoms with Crippen molar-refractivity contribution in [2.24, 2.45) is 11.8 Å². The molecule has 2 rings (SSSR count). The number of likely N-dealkylation sites (N-methyl/N-ethyl adjacent to an activating group) is 1. The fraction of sp³-hybridized carbons (Fsp3) is 0.652. The minimum atomic E-state index is -0.625. The van der Waals surface area contributed by atoms with Gasteiger partial charge in [0, 0.05) is 50.9 Å². The third-order valence-corrected chi connectivity index (χ3v) is 5.64. The monoisotopic (exact) mass is 434 g/mol. The number of amides is 2. The molecule has 31 heavy (non-hydrogen) atoms. The van der Waals surface area contributed by atoms with Gasteiger partial charge in [-0.25, -0.2) is 0 Å². The first kappa shape index (κ1) is 24.9. The lowest BCUT2D eigenvalue weighted by atomic mass is 10.0. The number of hydrogen-bond acceptors (Lipinski definition) is 6. The van der Waals surface area contributed by atoms with Crippen LogP contribution in [0.5, 0.6) is 11.5 Å². The Morgan fingerprint density at radius 3 is 2.10 bits per heavy atom. The fourth-order valence-electron chi connectivity index (χ4n) is 3.62. The summed E-state index contributed by atoms with van der Waals surface area (Å²) in [5.74, 6) is 0.823. The molecule has 174 valence electrons. The Hall–Kier alpha value is -2.32. The van der Waals surface area contributed by atoms with Crippen LogP contribution in [0, 0.1) is 11.8 Å². The van der Waals surface area contributed by atoms with Crippen molar-refractivity contribution >= 4 is 11.8 Å². The Bertz CT molecular complexity index is 710. The van der Waals surface area contributed by atoms with E-state index in [1.165, 1.54) is 14.2 Å². The second-order valence-corrected chi connectivity index (χ2v) is 8.75. The molecule has 0 spiro atoms. The lowest BCUT2D eigenvalue weighted by molar-refractivity contribution is -0.124. The zero-order valence-corrected chi connectivity index (χ0v) is 19.7. The number of methoxy groups -OCH3 is 2. The molecule has 1 aliphatic rings. The highest BCUT2D eigenvalue weighted by Crippen LogP contribution is 2.22. The highest BCUT2D eigenvalue weighted by molar-refractivity contribution is 5.98. The van der Waals surface area contributed by atoms with Crippen LogP contribution >= 0.6 is 0 Å². The third kappa shape index (κ3) is 7.70. The van der Waals surface area contributed by atoms with Crippen molar-refractivity contribution in [3.63, 3.8) is 0 Å². The lowest BCUT2D eigenvalue weighted by Gasteiger charge is -2.34. The summed E-state index contributed by atoms with van der Waals surface area (Å²) in [4.78, 5) is 30.4. The van der Waals surface area contributed by atoms with E-state index in [9.17, 15) is 9.59 Å². The van der Waals surface area contributed by atoms with Crippen molar-refractivity contribution in [1.29, 1.82) is 0 Å². The van der Waals surface area contributed by atoms with Crippen LogP contribution in [0.2, 0.25) is 0 Å². The number of carbonyl (C=O) groups is 2. The Kier molecular flexibility index (Phi) is 9.58. The number of piperazine rings is 1. The second-order valence-electron chi connectivity index (χ2n) is 8.75. The van der Waals surface area contributed by atoms with Crippen LogP contribution in [0.25, 0.3) is 0 Å². The molecule has 1 fully saturated rings. The van der Waals surface area contributed by atoms with Crippen molar-refractivity contribution in [1.82, 2.24) is 20.4 Å². The van der Waals surface area contributed by atoms with Crippen molar-refractivity contribution in [2.45, 2.75) is 26.8 Å². The lowest BCUT2D eigenvalue weighted by Crippen LogP contribution is -2.51. The molecular formula is C23H38N4O4. The average molecular weight is 435 g/mol. The number of carbonyl (C=O) groups excluding carboxylic acids is 2. The molecular weight excluding hydrogens is 396 g/mol. The van der Waals surface area contributed by atoms with Crippen molar-refractivity contribution in [3.05, 3.63) is 23.8 Å². The Morgan fingerprint density at radius 2 is 1.58 bits per heavy atom. The van der Waals surface area contributed by atoms with E-state index in [0.29, 0.717) is 29.5 Å². The molecule has 1 aromatic rings. The number of hydrogen-bond donors (Lipinski definition) is 2. The first-order chi connectivity index (χ1) is 14.7. The van der Waals surface area contributed by atoms with Gasteiger partial charge in [-0.05, 0) is 31.0 Å². The predicted molar refractivity (Wildman–Crippen MR) is 122 cm³/mol. The zero-order valence-electron chi connectivity index (χ0n) is 19.7. The van der Waals surface area contributed by atoms with Crippen LogP contribution in [0.3, 0.4) is 0 Å². The molecule has 0 bridgehead atoms. The third-order valence-electron chi connectivity index (χ3n) is 5.64.